The highest BCUT2D eigenvalue weighted by Gasteiger charge is 2.15. The van der Waals surface area contributed by atoms with Crippen LogP contribution < -0.4 is 0 Å². The zero-order valence-electron chi connectivity index (χ0n) is 21.3. The molecular formula is C30H33N3O2S. The van der Waals surface area contributed by atoms with Crippen molar-refractivity contribution in [1.82, 2.24) is 15.0 Å². The summed E-state index contributed by atoms with van der Waals surface area (Å²) in [5.74, 6) is -0.379. The summed E-state index contributed by atoms with van der Waals surface area (Å²) in [6.07, 6.45) is 10.8. The third-order valence-electron chi connectivity index (χ3n) is 6.08. The van der Waals surface area contributed by atoms with Gasteiger partial charge in [0.1, 0.15) is 0 Å². The van der Waals surface area contributed by atoms with Gasteiger partial charge in [-0.1, -0.05) is 33.1 Å². The molecule has 6 heteroatoms. The number of hydrogen-bond donors (Lipinski definition) is 0. The average molecular weight is 500 g/mol. The van der Waals surface area contributed by atoms with E-state index in [-0.39, 0.29) is 5.97 Å². The minimum atomic E-state index is -0.379. The van der Waals surface area contributed by atoms with Crippen LogP contribution in [0.5, 0.6) is 0 Å². The first-order chi connectivity index (χ1) is 17.6. The molecule has 36 heavy (non-hydrogen) atoms. The summed E-state index contributed by atoms with van der Waals surface area (Å²) in [5.41, 5.74) is 5.36. The summed E-state index contributed by atoms with van der Waals surface area (Å²) in [5, 5.41) is 0. The Morgan fingerprint density at radius 1 is 0.861 bits per heavy atom. The van der Waals surface area contributed by atoms with Gasteiger partial charge in [0.15, 0.2) is 0 Å². The summed E-state index contributed by atoms with van der Waals surface area (Å²) < 4.78 is 5.27. The maximum atomic E-state index is 12.6. The van der Waals surface area contributed by atoms with Crippen molar-refractivity contribution < 1.29 is 9.53 Å². The Morgan fingerprint density at radius 3 is 2.42 bits per heavy atom. The molecule has 0 aromatic carbocycles. The van der Waals surface area contributed by atoms with Crippen LogP contribution in [-0.4, -0.2) is 27.5 Å². The van der Waals surface area contributed by atoms with Crippen molar-refractivity contribution in [2.75, 3.05) is 6.61 Å². The molecule has 4 aromatic rings. The second-order valence-corrected chi connectivity index (χ2v) is 9.93. The molecule has 0 aliphatic carbocycles. The Kier molecular flexibility index (Phi) is 8.95. The number of hydrogen-bond acceptors (Lipinski definition) is 6. The molecule has 0 fully saturated rings. The molecule has 0 radical (unpaired) electrons. The standard InChI is InChI=1S/C30H33N3O2S/c1-4-7-8-9-10-24-12-14-29(36-24)22-11-13-25(32-20-22)27-18-23(30(34)35-6-3)19-28(33-27)26-17-21(5-2)15-16-31-26/h11-20H,4-10H2,1-3H3. The lowest BCUT2D eigenvalue weighted by Crippen LogP contribution is -2.06. The minimum absolute atomic E-state index is 0.309. The number of ether oxygens (including phenoxy) is 1. The van der Waals surface area contributed by atoms with Gasteiger partial charge < -0.3 is 4.74 Å². The van der Waals surface area contributed by atoms with Crippen molar-refractivity contribution in [3.8, 4) is 33.2 Å². The van der Waals surface area contributed by atoms with Crippen LogP contribution >= 0.6 is 11.3 Å². The molecule has 0 spiro atoms. The van der Waals surface area contributed by atoms with Crippen molar-refractivity contribution in [1.29, 1.82) is 0 Å². The normalized spacial score (nSPS) is 11.0. The smallest absolute Gasteiger partial charge is 0.338 e. The molecule has 4 rings (SSSR count). The van der Waals surface area contributed by atoms with Gasteiger partial charge in [0.2, 0.25) is 0 Å². The average Bonchev–Trinajstić information content (AvgIpc) is 3.40. The fourth-order valence-electron chi connectivity index (χ4n) is 4.04. The summed E-state index contributed by atoms with van der Waals surface area (Å²) in [6.45, 7) is 6.45. The molecule has 5 nitrogen and oxygen atoms in total. The maximum absolute atomic E-state index is 12.6. The molecule has 186 valence electrons. The number of nitrogens with zero attached hydrogens (tertiary/aromatic N) is 3. The lowest BCUT2D eigenvalue weighted by atomic mass is 10.1. The third-order valence-corrected chi connectivity index (χ3v) is 7.27. The fourth-order valence-corrected chi connectivity index (χ4v) is 5.08. The first kappa shape index (κ1) is 25.7. The van der Waals surface area contributed by atoms with E-state index < -0.39 is 0 Å². The molecule has 0 aliphatic heterocycles. The SMILES string of the molecule is CCCCCCc1ccc(-c2ccc(-c3cc(C(=O)OCC)cc(-c4cc(CC)ccn4)n3)nc2)s1. The molecule has 4 aromatic heterocycles. The molecule has 0 aliphatic rings. The van der Waals surface area contributed by atoms with Gasteiger partial charge in [0.05, 0.1) is 34.9 Å². The van der Waals surface area contributed by atoms with Crippen molar-refractivity contribution in [2.45, 2.75) is 59.3 Å². The van der Waals surface area contributed by atoms with Crippen LogP contribution in [0.1, 0.15) is 67.3 Å². The van der Waals surface area contributed by atoms with Crippen molar-refractivity contribution in [3.05, 3.63) is 76.9 Å². The van der Waals surface area contributed by atoms with Crippen LogP contribution in [0.25, 0.3) is 33.2 Å². The number of pyridine rings is 3. The van der Waals surface area contributed by atoms with Gasteiger partial charge in [-0.25, -0.2) is 9.78 Å². The molecule has 4 heterocycles. The Morgan fingerprint density at radius 2 is 1.69 bits per heavy atom. The van der Waals surface area contributed by atoms with E-state index in [9.17, 15) is 4.79 Å². The third kappa shape index (κ3) is 6.43. The molecule has 0 bridgehead atoms. The molecule has 0 amide bonds. The van der Waals surface area contributed by atoms with Crippen LogP contribution in [0.2, 0.25) is 0 Å². The van der Waals surface area contributed by atoms with Gasteiger partial charge in [-0.15, -0.1) is 11.3 Å². The first-order valence-electron chi connectivity index (χ1n) is 12.8. The Balaban J connectivity index is 1.61. The quantitative estimate of drug-likeness (QED) is 0.156. The Labute approximate surface area is 217 Å². The highest BCUT2D eigenvalue weighted by Crippen LogP contribution is 2.30. The Hall–Kier alpha value is -3.38. The lowest BCUT2D eigenvalue weighted by Gasteiger charge is -2.09. The number of aromatic nitrogens is 3. The summed E-state index contributed by atoms with van der Waals surface area (Å²) in [6, 6.07) is 15.9. The molecule has 0 unspecified atom stereocenters. The van der Waals surface area contributed by atoms with E-state index in [2.05, 4.69) is 37.0 Å². The molecule has 0 saturated carbocycles. The van der Waals surface area contributed by atoms with Gasteiger partial charge in [0.25, 0.3) is 0 Å². The summed E-state index contributed by atoms with van der Waals surface area (Å²) in [4.78, 5) is 29.2. The zero-order chi connectivity index (χ0) is 25.3. The number of thiophene rings is 1. The second-order valence-electron chi connectivity index (χ2n) is 8.76. The Bertz CT molecular complexity index is 1300. The minimum Gasteiger partial charge on any atom is -0.462 e. The lowest BCUT2D eigenvalue weighted by molar-refractivity contribution is 0.0526. The van der Waals surface area contributed by atoms with E-state index in [1.165, 1.54) is 35.4 Å². The molecule has 0 N–H and O–H groups in total. The van der Waals surface area contributed by atoms with Crippen LogP contribution in [0.15, 0.2) is 60.9 Å². The van der Waals surface area contributed by atoms with E-state index in [0.717, 1.165) is 29.7 Å². The first-order valence-corrected chi connectivity index (χ1v) is 13.6. The number of aryl methyl sites for hydroxylation is 2. The van der Waals surface area contributed by atoms with E-state index in [1.54, 1.807) is 25.3 Å². The van der Waals surface area contributed by atoms with E-state index >= 15 is 0 Å². The summed E-state index contributed by atoms with van der Waals surface area (Å²) in [7, 11) is 0. The maximum Gasteiger partial charge on any atom is 0.338 e. The van der Waals surface area contributed by atoms with Crippen LogP contribution in [0.3, 0.4) is 0 Å². The van der Waals surface area contributed by atoms with Crippen molar-refractivity contribution in [3.63, 3.8) is 0 Å². The fraction of sp³-hybridized carbons (Fsp3) is 0.333. The van der Waals surface area contributed by atoms with Gasteiger partial charge >= 0.3 is 5.97 Å². The van der Waals surface area contributed by atoms with E-state index in [4.69, 9.17) is 14.7 Å². The largest absolute Gasteiger partial charge is 0.462 e. The predicted octanol–water partition coefficient (Wildman–Crippen LogP) is 7.80. The number of carbonyl (C=O) groups excluding carboxylic acids is 1. The second kappa shape index (κ2) is 12.5. The van der Waals surface area contributed by atoms with E-state index in [0.29, 0.717) is 29.3 Å². The molecule has 0 saturated heterocycles. The van der Waals surface area contributed by atoms with Crippen LogP contribution in [-0.2, 0) is 17.6 Å². The van der Waals surface area contributed by atoms with Gasteiger partial charge in [0, 0.05) is 27.7 Å². The number of unbranched alkanes of at least 4 members (excludes halogenated alkanes) is 3. The zero-order valence-corrected chi connectivity index (χ0v) is 22.1. The van der Waals surface area contributed by atoms with E-state index in [1.807, 2.05) is 35.7 Å². The van der Waals surface area contributed by atoms with Crippen molar-refractivity contribution in [2.24, 2.45) is 0 Å². The van der Waals surface area contributed by atoms with Gasteiger partial charge in [-0.2, -0.15) is 0 Å². The van der Waals surface area contributed by atoms with Gasteiger partial charge in [-0.3, -0.25) is 9.97 Å². The number of carbonyl (C=O) groups is 1. The molecular weight excluding hydrogens is 466 g/mol. The highest BCUT2D eigenvalue weighted by molar-refractivity contribution is 7.15. The van der Waals surface area contributed by atoms with Crippen molar-refractivity contribution >= 4 is 17.3 Å². The predicted molar refractivity (Wildman–Crippen MR) is 147 cm³/mol. The monoisotopic (exact) mass is 499 g/mol. The van der Waals surface area contributed by atoms with Crippen LogP contribution in [0, 0.1) is 0 Å². The van der Waals surface area contributed by atoms with Gasteiger partial charge in [-0.05, 0) is 80.3 Å². The topological polar surface area (TPSA) is 65.0 Å². The van der Waals surface area contributed by atoms with Crippen LogP contribution in [0.4, 0.5) is 0 Å². The highest BCUT2D eigenvalue weighted by atomic mass is 32.1. The number of rotatable bonds is 11. The summed E-state index contributed by atoms with van der Waals surface area (Å²) >= 11 is 1.84. The molecule has 0 atom stereocenters. The number of esters is 1.